The first-order valence-electron chi connectivity index (χ1n) is 8.80. The molecule has 4 rings (SSSR count). The fourth-order valence-electron chi connectivity index (χ4n) is 3.53. The monoisotopic (exact) mass is 366 g/mol. The third kappa shape index (κ3) is 3.16. The predicted octanol–water partition coefficient (Wildman–Crippen LogP) is 2.02. The first-order valence-corrected chi connectivity index (χ1v) is 8.80. The molecule has 0 aliphatic carbocycles. The topological polar surface area (TPSA) is 66.7 Å². The van der Waals surface area contributed by atoms with Gasteiger partial charge in [0, 0.05) is 19.3 Å². The van der Waals surface area contributed by atoms with Crippen LogP contribution in [0.3, 0.4) is 0 Å². The van der Waals surface area contributed by atoms with Crippen LogP contribution in [0, 0.1) is 12.7 Å². The van der Waals surface area contributed by atoms with Crippen molar-refractivity contribution in [2.24, 2.45) is 0 Å². The number of carbonyl (C=O) groups is 2. The van der Waals surface area contributed by atoms with Crippen LogP contribution in [0.2, 0.25) is 0 Å². The Bertz CT molecular complexity index is 1010. The average Bonchev–Trinajstić information content (AvgIpc) is 2.98. The van der Waals surface area contributed by atoms with E-state index in [0.717, 1.165) is 17.0 Å². The van der Waals surface area contributed by atoms with Gasteiger partial charge in [-0.3, -0.25) is 9.59 Å². The Morgan fingerprint density at radius 3 is 2.81 bits per heavy atom. The molecule has 27 heavy (non-hydrogen) atoms. The number of halogens is 1. The normalized spacial score (nSPS) is 17.2. The van der Waals surface area contributed by atoms with E-state index in [0.29, 0.717) is 18.7 Å². The number of fused-ring (bicyclic) bond motifs is 1. The van der Waals surface area contributed by atoms with Crippen LogP contribution in [-0.2, 0) is 16.0 Å². The van der Waals surface area contributed by atoms with Gasteiger partial charge in [0.2, 0.25) is 11.8 Å². The smallest absolute Gasteiger partial charge is 0.247 e. The molecule has 0 spiro atoms. The van der Waals surface area contributed by atoms with Crippen LogP contribution in [0.5, 0.6) is 0 Å². The van der Waals surface area contributed by atoms with Crippen molar-refractivity contribution in [1.82, 2.24) is 19.6 Å². The van der Waals surface area contributed by atoms with E-state index in [1.54, 1.807) is 17.0 Å². The highest BCUT2D eigenvalue weighted by atomic mass is 19.1. The van der Waals surface area contributed by atoms with Gasteiger partial charge >= 0.3 is 0 Å². The molecule has 1 saturated heterocycles. The largest absolute Gasteiger partial charge is 0.352 e. The molecule has 138 valence electrons. The number of hydrogen-bond donors (Lipinski definition) is 1. The molecule has 3 aromatic rings. The number of hydrogen-bond acceptors (Lipinski definition) is 3. The van der Waals surface area contributed by atoms with Gasteiger partial charge in [0.05, 0.1) is 17.8 Å². The summed E-state index contributed by atoms with van der Waals surface area (Å²) in [5.74, 6) is -0.793. The summed E-state index contributed by atoms with van der Waals surface area (Å²) in [4.78, 5) is 31.6. The average molecular weight is 366 g/mol. The molecular weight excluding hydrogens is 347 g/mol. The molecule has 3 heterocycles. The third-order valence-corrected chi connectivity index (χ3v) is 4.87. The van der Waals surface area contributed by atoms with Crippen LogP contribution in [0.1, 0.15) is 23.0 Å². The highest BCUT2D eigenvalue weighted by Gasteiger charge is 2.34. The molecule has 0 unspecified atom stereocenters. The van der Waals surface area contributed by atoms with Crippen LogP contribution in [0.15, 0.2) is 48.7 Å². The standard InChI is InChI=1S/C20H19FN4O2/c1-13-16(24-10-3-2-4-17(24)23-13)12-18(26)25-11-9-22-20(27)19(25)14-5-7-15(21)8-6-14/h2-8,10,19H,9,11-12H2,1H3,(H,22,27)/t19-/m0/s1. The zero-order valence-electron chi connectivity index (χ0n) is 14.9. The molecule has 1 atom stereocenters. The van der Waals surface area contributed by atoms with E-state index in [9.17, 15) is 14.0 Å². The fraction of sp³-hybridized carbons (Fsp3) is 0.250. The molecule has 0 radical (unpaired) electrons. The third-order valence-electron chi connectivity index (χ3n) is 4.87. The van der Waals surface area contributed by atoms with Crippen LogP contribution in [0.4, 0.5) is 4.39 Å². The number of nitrogens with one attached hydrogen (secondary N) is 1. The van der Waals surface area contributed by atoms with E-state index in [4.69, 9.17) is 0 Å². The Kier molecular flexibility index (Phi) is 4.35. The highest BCUT2D eigenvalue weighted by Crippen LogP contribution is 2.25. The van der Waals surface area contributed by atoms with Gasteiger partial charge in [-0.1, -0.05) is 18.2 Å². The lowest BCUT2D eigenvalue weighted by atomic mass is 10.0. The van der Waals surface area contributed by atoms with Gasteiger partial charge in [-0.05, 0) is 36.8 Å². The van der Waals surface area contributed by atoms with Gasteiger partial charge in [-0.2, -0.15) is 0 Å². The molecular formula is C20H19FN4O2. The van der Waals surface area contributed by atoms with Gasteiger partial charge in [-0.25, -0.2) is 9.37 Å². The number of carbonyl (C=O) groups excluding carboxylic acids is 2. The molecule has 1 aliphatic rings. The highest BCUT2D eigenvalue weighted by molar-refractivity contribution is 5.90. The minimum absolute atomic E-state index is 0.141. The van der Waals surface area contributed by atoms with E-state index in [-0.39, 0.29) is 24.1 Å². The lowest BCUT2D eigenvalue weighted by Crippen LogP contribution is -2.52. The quantitative estimate of drug-likeness (QED) is 0.771. The molecule has 1 aliphatic heterocycles. The van der Waals surface area contributed by atoms with Crippen LogP contribution in [-0.4, -0.2) is 39.2 Å². The summed E-state index contributed by atoms with van der Waals surface area (Å²) in [6.07, 6.45) is 2.01. The van der Waals surface area contributed by atoms with Gasteiger partial charge in [0.15, 0.2) is 0 Å². The summed E-state index contributed by atoms with van der Waals surface area (Å²) in [5.41, 5.74) is 2.97. The summed E-state index contributed by atoms with van der Waals surface area (Å²) < 4.78 is 15.2. The van der Waals surface area contributed by atoms with Crippen LogP contribution >= 0.6 is 0 Å². The lowest BCUT2D eigenvalue weighted by Gasteiger charge is -2.35. The van der Waals surface area contributed by atoms with Crippen molar-refractivity contribution in [2.75, 3.05) is 13.1 Å². The molecule has 7 heteroatoms. The predicted molar refractivity (Wildman–Crippen MR) is 97.5 cm³/mol. The van der Waals surface area contributed by atoms with Crippen molar-refractivity contribution in [1.29, 1.82) is 0 Å². The minimum atomic E-state index is -0.758. The maximum Gasteiger partial charge on any atom is 0.247 e. The number of imidazole rings is 1. The van der Waals surface area contributed by atoms with Gasteiger partial charge < -0.3 is 14.6 Å². The van der Waals surface area contributed by atoms with E-state index < -0.39 is 6.04 Å². The number of benzene rings is 1. The zero-order valence-corrected chi connectivity index (χ0v) is 14.9. The molecule has 1 aromatic carbocycles. The number of amides is 2. The van der Waals surface area contributed by atoms with E-state index in [2.05, 4.69) is 10.3 Å². The Morgan fingerprint density at radius 1 is 1.26 bits per heavy atom. The van der Waals surface area contributed by atoms with Gasteiger partial charge in [-0.15, -0.1) is 0 Å². The number of piperazine rings is 1. The second kappa shape index (κ2) is 6.83. The van der Waals surface area contributed by atoms with Crippen molar-refractivity contribution in [3.05, 3.63) is 71.4 Å². The second-order valence-electron chi connectivity index (χ2n) is 6.58. The summed E-state index contributed by atoms with van der Waals surface area (Å²) in [6, 6.07) is 10.6. The van der Waals surface area contributed by atoms with Crippen LogP contribution in [0.25, 0.3) is 5.65 Å². The first kappa shape index (κ1) is 17.2. The number of aryl methyl sites for hydroxylation is 1. The van der Waals surface area contributed by atoms with Gasteiger partial charge in [0.1, 0.15) is 17.5 Å². The molecule has 0 saturated carbocycles. The SMILES string of the molecule is Cc1nc2ccccn2c1CC(=O)N1CCNC(=O)[C@@H]1c1ccc(F)cc1. The molecule has 6 nitrogen and oxygen atoms in total. The summed E-state index contributed by atoms with van der Waals surface area (Å²) in [5, 5.41) is 2.79. The van der Waals surface area contributed by atoms with E-state index in [1.807, 2.05) is 35.7 Å². The molecule has 0 bridgehead atoms. The van der Waals surface area contributed by atoms with Crippen LogP contribution < -0.4 is 5.32 Å². The summed E-state index contributed by atoms with van der Waals surface area (Å²) >= 11 is 0. The lowest BCUT2D eigenvalue weighted by molar-refractivity contribution is -0.143. The van der Waals surface area contributed by atoms with Crippen molar-refractivity contribution < 1.29 is 14.0 Å². The van der Waals surface area contributed by atoms with Crippen molar-refractivity contribution in [2.45, 2.75) is 19.4 Å². The van der Waals surface area contributed by atoms with E-state index >= 15 is 0 Å². The molecule has 2 amide bonds. The molecule has 1 fully saturated rings. The first-order chi connectivity index (χ1) is 13.0. The maximum absolute atomic E-state index is 13.3. The molecule has 2 aromatic heterocycles. The number of pyridine rings is 1. The van der Waals surface area contributed by atoms with Crippen molar-refractivity contribution in [3.63, 3.8) is 0 Å². The minimum Gasteiger partial charge on any atom is -0.352 e. The van der Waals surface area contributed by atoms with Gasteiger partial charge in [0.25, 0.3) is 0 Å². The van der Waals surface area contributed by atoms with E-state index in [1.165, 1.54) is 12.1 Å². The Morgan fingerprint density at radius 2 is 2.04 bits per heavy atom. The summed E-state index contributed by atoms with van der Waals surface area (Å²) in [6.45, 7) is 2.67. The number of aromatic nitrogens is 2. The Labute approximate surface area is 155 Å². The Balaban J connectivity index is 1.65. The maximum atomic E-state index is 13.3. The Hall–Kier alpha value is -3.22. The molecule has 1 N–H and O–H groups in total. The number of rotatable bonds is 3. The second-order valence-corrected chi connectivity index (χ2v) is 6.58. The fourth-order valence-corrected chi connectivity index (χ4v) is 3.53. The van der Waals surface area contributed by atoms with Crippen molar-refractivity contribution >= 4 is 17.5 Å². The van der Waals surface area contributed by atoms with Crippen molar-refractivity contribution in [3.8, 4) is 0 Å². The summed E-state index contributed by atoms with van der Waals surface area (Å²) in [7, 11) is 0. The zero-order chi connectivity index (χ0) is 19.0. The number of nitrogens with zero attached hydrogens (tertiary/aromatic N) is 3.